The van der Waals surface area contributed by atoms with E-state index in [1.807, 2.05) is 25.2 Å². The smallest absolute Gasteiger partial charge is 0.255 e. The molecule has 28 heavy (non-hydrogen) atoms. The van der Waals surface area contributed by atoms with E-state index >= 15 is 0 Å². The van der Waals surface area contributed by atoms with E-state index in [1.54, 1.807) is 4.90 Å². The Kier molecular flexibility index (Phi) is 5.29. The maximum absolute atomic E-state index is 12.8. The summed E-state index contributed by atoms with van der Waals surface area (Å²) in [6, 6.07) is 5.96. The predicted molar refractivity (Wildman–Crippen MR) is 112 cm³/mol. The fourth-order valence-electron chi connectivity index (χ4n) is 4.74. The highest BCUT2D eigenvalue weighted by Crippen LogP contribution is 2.31. The van der Waals surface area contributed by atoms with Gasteiger partial charge in [0.2, 0.25) is 5.91 Å². The molecule has 1 heterocycles. The van der Waals surface area contributed by atoms with Gasteiger partial charge in [0.25, 0.3) is 5.91 Å². The van der Waals surface area contributed by atoms with Gasteiger partial charge in [-0.15, -0.1) is 0 Å². The van der Waals surface area contributed by atoms with Crippen LogP contribution in [0.4, 0.5) is 11.5 Å². The van der Waals surface area contributed by atoms with Crippen LogP contribution in [-0.2, 0) is 4.79 Å². The second-order valence-electron chi connectivity index (χ2n) is 8.33. The molecule has 0 atom stereocenters. The van der Waals surface area contributed by atoms with Crippen LogP contribution in [-0.4, -0.2) is 29.9 Å². The first-order valence-electron chi connectivity index (χ1n) is 10.5. The van der Waals surface area contributed by atoms with Crippen LogP contribution in [0.5, 0.6) is 0 Å². The van der Waals surface area contributed by atoms with Crippen molar-refractivity contribution in [3.63, 3.8) is 0 Å². The van der Waals surface area contributed by atoms with Crippen LogP contribution in [0.2, 0.25) is 0 Å². The summed E-state index contributed by atoms with van der Waals surface area (Å²) in [5.74, 6) is 0.563. The molecule has 4 rings (SSSR count). The van der Waals surface area contributed by atoms with Crippen LogP contribution in [0.15, 0.2) is 18.2 Å². The monoisotopic (exact) mass is 382 g/mol. The summed E-state index contributed by atoms with van der Waals surface area (Å²) in [5, 5.41) is 3.91. The minimum Gasteiger partial charge on any atom is -0.385 e. The van der Waals surface area contributed by atoms with Gasteiger partial charge in [-0.2, -0.15) is 0 Å². The fourth-order valence-corrected chi connectivity index (χ4v) is 4.74. The Morgan fingerprint density at radius 3 is 2.46 bits per heavy atom. The molecule has 150 valence electrons. The molecule has 2 aliphatic rings. The lowest BCUT2D eigenvalue weighted by atomic mass is 9.88. The molecule has 2 aliphatic carbocycles. The second kappa shape index (κ2) is 7.86. The van der Waals surface area contributed by atoms with Crippen LogP contribution in [0.3, 0.4) is 0 Å². The lowest BCUT2D eigenvalue weighted by molar-refractivity contribution is -0.123. The number of amides is 2. The van der Waals surface area contributed by atoms with Crippen molar-refractivity contribution in [1.82, 2.24) is 10.3 Å². The molecular weight excluding hydrogens is 352 g/mol. The molecular formula is C22H30N4O2. The van der Waals surface area contributed by atoms with E-state index in [1.165, 1.54) is 19.3 Å². The average molecular weight is 383 g/mol. The van der Waals surface area contributed by atoms with Crippen molar-refractivity contribution in [2.24, 2.45) is 5.92 Å². The predicted octanol–water partition coefficient (Wildman–Crippen LogP) is 3.97. The average Bonchev–Trinajstić information content (AvgIpc) is 3.33. The standard InChI is InChI=1S/C22H30N4O2/c1-26(22(28)14-7-3-2-4-8-14)16-11-12-17-18(13-16)25-20(23)19(17)21(27)24-15-9-5-6-10-15/h11-15,25H,2-10,23H2,1H3,(H,24,27). The Morgan fingerprint density at radius 2 is 1.75 bits per heavy atom. The van der Waals surface area contributed by atoms with Gasteiger partial charge in [-0.05, 0) is 43.9 Å². The number of carbonyl (C=O) groups is 2. The summed E-state index contributed by atoms with van der Waals surface area (Å²) < 4.78 is 0. The number of hydrogen-bond donors (Lipinski definition) is 3. The molecule has 2 amide bonds. The highest BCUT2D eigenvalue weighted by molar-refractivity contribution is 6.12. The number of H-pyrrole nitrogens is 1. The van der Waals surface area contributed by atoms with E-state index in [-0.39, 0.29) is 23.8 Å². The van der Waals surface area contributed by atoms with Gasteiger partial charge in [0.05, 0.1) is 5.56 Å². The number of nitrogens with one attached hydrogen (secondary N) is 2. The summed E-state index contributed by atoms with van der Waals surface area (Å²) in [5.41, 5.74) is 8.26. The van der Waals surface area contributed by atoms with Crippen LogP contribution in [0.25, 0.3) is 10.9 Å². The largest absolute Gasteiger partial charge is 0.385 e. The minimum absolute atomic E-state index is 0.116. The molecule has 6 heteroatoms. The molecule has 4 N–H and O–H groups in total. The normalized spacial score (nSPS) is 18.5. The molecule has 2 fully saturated rings. The number of anilines is 2. The SMILES string of the molecule is CN(C(=O)C1CCCCC1)c1ccc2c(C(=O)NC3CCCC3)c(N)[nH]c2c1. The van der Waals surface area contributed by atoms with Gasteiger partial charge < -0.3 is 20.9 Å². The van der Waals surface area contributed by atoms with Gasteiger partial charge >= 0.3 is 0 Å². The summed E-state index contributed by atoms with van der Waals surface area (Å²) in [7, 11) is 1.83. The van der Waals surface area contributed by atoms with Crippen molar-refractivity contribution in [2.45, 2.75) is 63.8 Å². The third kappa shape index (κ3) is 3.60. The maximum Gasteiger partial charge on any atom is 0.255 e. The number of nitrogens with two attached hydrogens (primary N) is 1. The first kappa shape index (κ1) is 18.8. The van der Waals surface area contributed by atoms with E-state index in [0.29, 0.717) is 11.4 Å². The Balaban J connectivity index is 1.56. The van der Waals surface area contributed by atoms with E-state index in [4.69, 9.17) is 5.73 Å². The number of nitrogen functional groups attached to an aromatic ring is 1. The molecule has 6 nitrogen and oxygen atoms in total. The van der Waals surface area contributed by atoms with Crippen molar-refractivity contribution >= 4 is 34.2 Å². The van der Waals surface area contributed by atoms with Gasteiger partial charge in [-0.3, -0.25) is 9.59 Å². The van der Waals surface area contributed by atoms with Crippen molar-refractivity contribution in [3.05, 3.63) is 23.8 Å². The number of hydrogen-bond acceptors (Lipinski definition) is 3. The Bertz CT molecular complexity index is 876. The van der Waals surface area contributed by atoms with Crippen molar-refractivity contribution < 1.29 is 9.59 Å². The fraction of sp³-hybridized carbons (Fsp3) is 0.545. The number of aromatic nitrogens is 1. The summed E-state index contributed by atoms with van der Waals surface area (Å²) >= 11 is 0. The van der Waals surface area contributed by atoms with E-state index in [2.05, 4.69) is 10.3 Å². The van der Waals surface area contributed by atoms with Crippen LogP contribution in [0.1, 0.15) is 68.1 Å². The molecule has 0 aliphatic heterocycles. The highest BCUT2D eigenvalue weighted by atomic mass is 16.2. The zero-order valence-electron chi connectivity index (χ0n) is 16.6. The molecule has 2 aromatic rings. The van der Waals surface area contributed by atoms with Gasteiger partial charge in [-0.1, -0.05) is 32.1 Å². The van der Waals surface area contributed by atoms with Gasteiger partial charge in [0.1, 0.15) is 5.82 Å². The van der Waals surface area contributed by atoms with E-state index < -0.39 is 0 Å². The quantitative estimate of drug-likeness (QED) is 0.747. The van der Waals surface area contributed by atoms with Crippen molar-refractivity contribution in [3.8, 4) is 0 Å². The van der Waals surface area contributed by atoms with Gasteiger partial charge in [0.15, 0.2) is 0 Å². The van der Waals surface area contributed by atoms with Crippen molar-refractivity contribution in [1.29, 1.82) is 0 Å². The molecule has 0 bridgehead atoms. The van der Waals surface area contributed by atoms with Crippen LogP contribution >= 0.6 is 0 Å². The lowest BCUT2D eigenvalue weighted by Gasteiger charge is -2.26. The third-order valence-electron chi connectivity index (χ3n) is 6.40. The Morgan fingerprint density at radius 1 is 1.07 bits per heavy atom. The van der Waals surface area contributed by atoms with E-state index in [9.17, 15) is 9.59 Å². The zero-order chi connectivity index (χ0) is 19.7. The van der Waals surface area contributed by atoms with Gasteiger partial charge in [-0.25, -0.2) is 0 Å². The molecule has 1 aromatic heterocycles. The molecule has 0 radical (unpaired) electrons. The van der Waals surface area contributed by atoms with Gasteiger partial charge in [0, 0.05) is 35.6 Å². The molecule has 0 spiro atoms. The first-order chi connectivity index (χ1) is 13.5. The number of rotatable bonds is 4. The Hall–Kier alpha value is -2.50. The minimum atomic E-state index is -0.116. The highest BCUT2D eigenvalue weighted by Gasteiger charge is 2.26. The molecule has 0 saturated heterocycles. The molecule has 2 saturated carbocycles. The first-order valence-corrected chi connectivity index (χ1v) is 10.5. The lowest BCUT2D eigenvalue weighted by Crippen LogP contribution is -2.34. The number of fused-ring (bicyclic) bond motifs is 1. The summed E-state index contributed by atoms with van der Waals surface area (Å²) in [4.78, 5) is 30.5. The Labute approximate surface area is 165 Å². The number of aromatic amines is 1. The van der Waals surface area contributed by atoms with Crippen LogP contribution in [0, 0.1) is 5.92 Å². The van der Waals surface area contributed by atoms with E-state index in [0.717, 1.165) is 55.1 Å². The summed E-state index contributed by atoms with van der Waals surface area (Å²) in [6.45, 7) is 0. The molecule has 1 aromatic carbocycles. The number of benzene rings is 1. The third-order valence-corrected chi connectivity index (χ3v) is 6.40. The second-order valence-corrected chi connectivity index (χ2v) is 8.33. The van der Waals surface area contributed by atoms with Crippen LogP contribution < -0.4 is 16.0 Å². The topological polar surface area (TPSA) is 91.2 Å². The zero-order valence-corrected chi connectivity index (χ0v) is 16.6. The number of carbonyl (C=O) groups excluding carboxylic acids is 2. The maximum atomic E-state index is 12.8. The summed E-state index contributed by atoms with van der Waals surface area (Å²) in [6.07, 6.45) is 9.86. The number of nitrogens with zero attached hydrogens (tertiary/aromatic N) is 1. The van der Waals surface area contributed by atoms with Crippen molar-refractivity contribution in [2.75, 3.05) is 17.7 Å². The molecule has 0 unspecified atom stereocenters.